The van der Waals surface area contributed by atoms with Crippen molar-refractivity contribution in [1.82, 2.24) is 4.98 Å². The van der Waals surface area contributed by atoms with Gasteiger partial charge < -0.3 is 0 Å². The molecule has 0 amide bonds. The quantitative estimate of drug-likeness (QED) is 0.624. The van der Waals surface area contributed by atoms with E-state index in [4.69, 9.17) is 0 Å². The van der Waals surface area contributed by atoms with Crippen LogP contribution in [0.2, 0.25) is 0 Å². The van der Waals surface area contributed by atoms with Crippen molar-refractivity contribution in [3.63, 3.8) is 0 Å². The zero-order chi connectivity index (χ0) is 12.5. The molecule has 0 radical (unpaired) electrons. The van der Waals surface area contributed by atoms with Crippen molar-refractivity contribution in [3.05, 3.63) is 27.9 Å². The van der Waals surface area contributed by atoms with Gasteiger partial charge in [-0.15, -0.1) is 0 Å². The first-order valence-corrected chi connectivity index (χ1v) is 5.24. The third kappa shape index (κ3) is 2.28. The lowest BCUT2D eigenvalue weighted by molar-refractivity contribution is -0.386. The molecule has 0 spiro atoms. The summed E-state index contributed by atoms with van der Waals surface area (Å²) in [6.07, 6.45) is -2.63. The van der Waals surface area contributed by atoms with E-state index in [9.17, 15) is 27.3 Å². The van der Waals surface area contributed by atoms with E-state index < -0.39 is 37.6 Å². The molecule has 16 heavy (non-hydrogen) atoms. The highest BCUT2D eigenvalue weighted by molar-refractivity contribution is 7.89. The smallest absolute Gasteiger partial charge is 0.258 e. The molecule has 1 aromatic rings. The van der Waals surface area contributed by atoms with Crippen LogP contribution in [0.3, 0.4) is 0 Å². The predicted molar refractivity (Wildman–Crippen MR) is 47.2 cm³/mol. The van der Waals surface area contributed by atoms with E-state index in [0.29, 0.717) is 6.07 Å². The Morgan fingerprint density at radius 2 is 2.06 bits per heavy atom. The number of nitrogens with zero attached hydrogens (tertiary/aromatic N) is 2. The first kappa shape index (κ1) is 12.4. The molecule has 0 unspecified atom stereocenters. The van der Waals surface area contributed by atoms with Crippen LogP contribution < -0.4 is 5.14 Å². The molecular formula is C6H5F2N3O4S. The standard InChI is InChI=1S/C6H5F2N3O4S/c7-5(8)4-3(11(12)13)1-2-10-6(4)16(9,14)15/h1-2,5H,(H2,9,14,15). The van der Waals surface area contributed by atoms with E-state index in [1.165, 1.54) is 0 Å². The topological polar surface area (TPSA) is 116 Å². The van der Waals surface area contributed by atoms with E-state index in [1.807, 2.05) is 0 Å². The molecule has 0 saturated heterocycles. The maximum Gasteiger partial charge on any atom is 0.282 e. The van der Waals surface area contributed by atoms with Crippen LogP contribution in [0.15, 0.2) is 17.3 Å². The van der Waals surface area contributed by atoms with Gasteiger partial charge in [0.25, 0.3) is 22.1 Å². The lowest BCUT2D eigenvalue weighted by atomic mass is 10.2. The Kier molecular flexibility index (Phi) is 3.14. The fourth-order valence-electron chi connectivity index (χ4n) is 1.04. The Hall–Kier alpha value is -1.68. The fourth-order valence-corrected chi connectivity index (χ4v) is 1.74. The van der Waals surface area contributed by atoms with Gasteiger partial charge in [-0.25, -0.2) is 27.3 Å². The highest BCUT2D eigenvalue weighted by atomic mass is 32.2. The van der Waals surface area contributed by atoms with Gasteiger partial charge in [0, 0.05) is 12.3 Å². The van der Waals surface area contributed by atoms with E-state index >= 15 is 0 Å². The van der Waals surface area contributed by atoms with Gasteiger partial charge in [0.05, 0.1) is 4.92 Å². The minimum absolute atomic E-state index is 0.677. The molecule has 7 nitrogen and oxygen atoms in total. The van der Waals surface area contributed by atoms with Crippen molar-refractivity contribution >= 4 is 15.7 Å². The van der Waals surface area contributed by atoms with Crippen molar-refractivity contribution in [3.8, 4) is 0 Å². The third-order valence-electron chi connectivity index (χ3n) is 1.61. The Morgan fingerprint density at radius 3 is 2.44 bits per heavy atom. The molecule has 2 N–H and O–H groups in total. The molecular weight excluding hydrogens is 248 g/mol. The first-order valence-electron chi connectivity index (χ1n) is 3.69. The van der Waals surface area contributed by atoms with E-state index in [2.05, 4.69) is 10.1 Å². The molecule has 1 aromatic heterocycles. The predicted octanol–water partition coefficient (Wildman–Crippen LogP) is 0.575. The van der Waals surface area contributed by atoms with Gasteiger partial charge in [-0.3, -0.25) is 10.1 Å². The Bertz CT molecular complexity index is 531. The van der Waals surface area contributed by atoms with Gasteiger partial charge in [0.1, 0.15) is 5.56 Å². The van der Waals surface area contributed by atoms with Crippen LogP contribution >= 0.6 is 0 Å². The molecule has 1 heterocycles. The van der Waals surface area contributed by atoms with Gasteiger partial charge in [-0.2, -0.15) is 0 Å². The summed E-state index contributed by atoms with van der Waals surface area (Å²) in [5.74, 6) is 0. The fraction of sp³-hybridized carbons (Fsp3) is 0.167. The minimum atomic E-state index is -4.53. The Balaban J connectivity index is 3.65. The monoisotopic (exact) mass is 253 g/mol. The molecule has 1 rings (SSSR count). The molecule has 0 aromatic carbocycles. The number of sulfonamides is 1. The third-order valence-corrected chi connectivity index (χ3v) is 2.48. The second kappa shape index (κ2) is 4.06. The van der Waals surface area contributed by atoms with Gasteiger partial charge in [-0.1, -0.05) is 0 Å². The van der Waals surface area contributed by atoms with Crippen molar-refractivity contribution in [2.75, 3.05) is 0 Å². The average molecular weight is 253 g/mol. The average Bonchev–Trinajstić information content (AvgIpc) is 2.14. The number of hydrogen-bond donors (Lipinski definition) is 1. The summed E-state index contributed by atoms with van der Waals surface area (Å²) in [6, 6.07) is 0.677. The van der Waals surface area contributed by atoms with Crippen molar-refractivity contribution in [1.29, 1.82) is 0 Å². The van der Waals surface area contributed by atoms with Crippen molar-refractivity contribution < 1.29 is 22.1 Å². The second-order valence-corrected chi connectivity index (χ2v) is 4.13. The SMILES string of the molecule is NS(=O)(=O)c1nccc([N+](=O)[O-])c1C(F)F. The molecule has 0 aliphatic heterocycles. The molecule has 0 aliphatic carbocycles. The number of pyridine rings is 1. The Labute approximate surface area is 88.1 Å². The molecule has 10 heteroatoms. The summed E-state index contributed by atoms with van der Waals surface area (Å²) in [7, 11) is -4.53. The van der Waals surface area contributed by atoms with E-state index in [-0.39, 0.29) is 0 Å². The number of aromatic nitrogens is 1. The van der Waals surface area contributed by atoms with Crippen LogP contribution in [0.25, 0.3) is 0 Å². The summed E-state index contributed by atoms with van der Waals surface area (Å²) in [5.41, 5.74) is -2.33. The van der Waals surface area contributed by atoms with Crippen LogP contribution in [0.1, 0.15) is 12.0 Å². The summed E-state index contributed by atoms with van der Waals surface area (Å²) in [6.45, 7) is 0. The molecule has 88 valence electrons. The van der Waals surface area contributed by atoms with Gasteiger partial charge >= 0.3 is 0 Å². The van der Waals surface area contributed by atoms with Crippen LogP contribution in [0, 0.1) is 10.1 Å². The number of primary sulfonamides is 1. The van der Waals surface area contributed by atoms with Crippen LogP contribution in [-0.2, 0) is 10.0 Å². The van der Waals surface area contributed by atoms with E-state index in [0.717, 1.165) is 6.20 Å². The second-order valence-electron chi connectivity index (χ2n) is 2.65. The van der Waals surface area contributed by atoms with E-state index in [1.54, 1.807) is 0 Å². The number of nitrogens with two attached hydrogens (primary N) is 1. The molecule has 0 bridgehead atoms. The lowest BCUT2D eigenvalue weighted by Gasteiger charge is -2.05. The zero-order valence-electron chi connectivity index (χ0n) is 7.50. The number of alkyl halides is 2. The number of halogens is 2. The summed E-state index contributed by atoms with van der Waals surface area (Å²) >= 11 is 0. The number of hydrogen-bond acceptors (Lipinski definition) is 5. The highest BCUT2D eigenvalue weighted by Gasteiger charge is 2.31. The number of rotatable bonds is 3. The number of nitro groups is 1. The van der Waals surface area contributed by atoms with Crippen LogP contribution in [0.5, 0.6) is 0 Å². The molecule has 0 atom stereocenters. The normalized spacial score (nSPS) is 11.8. The highest BCUT2D eigenvalue weighted by Crippen LogP contribution is 2.32. The van der Waals surface area contributed by atoms with Crippen molar-refractivity contribution in [2.24, 2.45) is 5.14 Å². The maximum absolute atomic E-state index is 12.5. The van der Waals surface area contributed by atoms with Crippen molar-refractivity contribution in [2.45, 2.75) is 11.5 Å². The van der Waals surface area contributed by atoms with Crippen LogP contribution in [-0.4, -0.2) is 18.3 Å². The Morgan fingerprint density at radius 1 is 1.50 bits per heavy atom. The van der Waals surface area contributed by atoms with Gasteiger partial charge in [0.15, 0.2) is 5.03 Å². The zero-order valence-corrected chi connectivity index (χ0v) is 8.32. The van der Waals surface area contributed by atoms with Gasteiger partial charge in [0.2, 0.25) is 0 Å². The van der Waals surface area contributed by atoms with Gasteiger partial charge in [-0.05, 0) is 0 Å². The summed E-state index contributed by atoms with van der Waals surface area (Å²) < 4.78 is 46.8. The molecule has 0 saturated carbocycles. The minimum Gasteiger partial charge on any atom is -0.258 e. The summed E-state index contributed by atoms with van der Waals surface area (Å²) in [5, 5.41) is 13.8. The van der Waals surface area contributed by atoms with Crippen LogP contribution in [0.4, 0.5) is 14.5 Å². The summed E-state index contributed by atoms with van der Waals surface area (Å²) in [4.78, 5) is 12.4. The molecule has 0 aliphatic rings. The maximum atomic E-state index is 12.5. The lowest BCUT2D eigenvalue weighted by Crippen LogP contribution is -2.17. The largest absolute Gasteiger partial charge is 0.282 e. The molecule has 0 fully saturated rings. The first-order chi connectivity index (χ1) is 7.25.